The molecule has 5 nitrogen and oxygen atoms in total. The Hall–Kier alpha value is -2.28. The third kappa shape index (κ3) is 2.08. The van der Waals surface area contributed by atoms with Gasteiger partial charge in [-0.3, -0.25) is 4.79 Å². The minimum absolute atomic E-state index is 0.155. The topological polar surface area (TPSA) is 79.5 Å². The molecule has 0 aliphatic heterocycles. The number of pyridine rings is 1. The van der Waals surface area contributed by atoms with Gasteiger partial charge in [0, 0.05) is 12.7 Å². The summed E-state index contributed by atoms with van der Waals surface area (Å²) in [6.45, 7) is -0.565. The number of carboxylic acid groups (broad SMARTS) is 1. The van der Waals surface area contributed by atoms with E-state index < -0.39 is 40.6 Å². The minimum atomic E-state index is -1.54. The van der Waals surface area contributed by atoms with Crippen LogP contribution < -0.4 is 5.43 Å². The van der Waals surface area contributed by atoms with Gasteiger partial charge in [-0.2, -0.15) is 0 Å². The molecule has 1 aromatic carbocycles. The van der Waals surface area contributed by atoms with Crippen molar-refractivity contribution in [2.45, 2.75) is 6.54 Å². The summed E-state index contributed by atoms with van der Waals surface area (Å²) in [6.07, 6.45) is 0.895. The molecule has 0 atom stereocenters. The van der Waals surface area contributed by atoms with Gasteiger partial charge in [-0.25, -0.2) is 13.6 Å². The first kappa shape index (κ1) is 13.2. The average molecular weight is 269 g/mol. The molecule has 0 saturated heterocycles. The van der Waals surface area contributed by atoms with Crippen LogP contribution >= 0.6 is 0 Å². The number of hydrogen-bond acceptors (Lipinski definition) is 3. The van der Waals surface area contributed by atoms with Crippen LogP contribution in [0.15, 0.2) is 23.1 Å². The monoisotopic (exact) mass is 269 g/mol. The Balaban J connectivity index is 3.01. The van der Waals surface area contributed by atoms with Crippen molar-refractivity contribution in [1.29, 1.82) is 0 Å². The highest BCUT2D eigenvalue weighted by atomic mass is 19.1. The van der Waals surface area contributed by atoms with Gasteiger partial charge in [0.05, 0.1) is 17.5 Å². The third-order valence-electron chi connectivity index (χ3n) is 2.69. The number of hydrogen-bond donors (Lipinski definition) is 2. The summed E-state index contributed by atoms with van der Waals surface area (Å²) in [5.41, 5.74) is -2.12. The van der Waals surface area contributed by atoms with Crippen LogP contribution in [-0.2, 0) is 6.54 Å². The number of carboxylic acids is 1. The number of fused-ring (bicyclic) bond motifs is 1. The van der Waals surface area contributed by atoms with E-state index in [4.69, 9.17) is 10.2 Å². The van der Waals surface area contributed by atoms with Gasteiger partial charge >= 0.3 is 5.97 Å². The fourth-order valence-corrected chi connectivity index (χ4v) is 1.89. The number of aliphatic hydroxyl groups excluding tert-OH is 1. The fraction of sp³-hybridized carbons (Fsp3) is 0.167. The molecule has 2 aromatic rings. The molecule has 0 radical (unpaired) electrons. The molecule has 0 amide bonds. The Labute approximate surface area is 105 Å². The number of aromatic nitrogens is 1. The van der Waals surface area contributed by atoms with E-state index in [1.807, 2.05) is 0 Å². The van der Waals surface area contributed by atoms with Gasteiger partial charge in [0.15, 0.2) is 0 Å². The van der Waals surface area contributed by atoms with Crippen molar-refractivity contribution in [2.75, 3.05) is 6.61 Å². The summed E-state index contributed by atoms with van der Waals surface area (Å²) in [4.78, 5) is 22.8. The molecular formula is C12H9F2NO4. The molecule has 19 heavy (non-hydrogen) atoms. The predicted molar refractivity (Wildman–Crippen MR) is 62.2 cm³/mol. The summed E-state index contributed by atoms with van der Waals surface area (Å²) in [6, 6.07) is 1.60. The van der Waals surface area contributed by atoms with Crippen LogP contribution in [0.3, 0.4) is 0 Å². The first-order chi connectivity index (χ1) is 8.97. The van der Waals surface area contributed by atoms with Gasteiger partial charge in [0.2, 0.25) is 5.43 Å². The van der Waals surface area contributed by atoms with E-state index in [0.29, 0.717) is 0 Å². The van der Waals surface area contributed by atoms with Crippen molar-refractivity contribution in [1.82, 2.24) is 4.57 Å². The number of aromatic carboxylic acids is 1. The highest BCUT2D eigenvalue weighted by Crippen LogP contribution is 2.19. The van der Waals surface area contributed by atoms with Gasteiger partial charge in [-0.05, 0) is 12.1 Å². The summed E-state index contributed by atoms with van der Waals surface area (Å²) >= 11 is 0. The molecule has 2 rings (SSSR count). The summed E-state index contributed by atoms with van der Waals surface area (Å²) in [5, 5.41) is 17.1. The van der Waals surface area contributed by atoms with E-state index in [2.05, 4.69) is 0 Å². The van der Waals surface area contributed by atoms with Crippen LogP contribution in [0.1, 0.15) is 10.4 Å². The van der Waals surface area contributed by atoms with Crippen LogP contribution in [0.4, 0.5) is 8.78 Å². The number of rotatable bonds is 3. The molecule has 0 aliphatic carbocycles. The largest absolute Gasteiger partial charge is 0.477 e. The van der Waals surface area contributed by atoms with Crippen LogP contribution in [0.5, 0.6) is 0 Å². The lowest BCUT2D eigenvalue weighted by atomic mass is 10.1. The molecule has 0 aliphatic rings. The van der Waals surface area contributed by atoms with Crippen molar-refractivity contribution >= 4 is 16.9 Å². The number of nitrogens with zero attached hydrogens (tertiary/aromatic N) is 1. The Morgan fingerprint density at radius 3 is 2.47 bits per heavy atom. The fourth-order valence-electron chi connectivity index (χ4n) is 1.89. The molecule has 0 fully saturated rings. The van der Waals surface area contributed by atoms with Crippen molar-refractivity contribution in [2.24, 2.45) is 0 Å². The van der Waals surface area contributed by atoms with Gasteiger partial charge in [0.25, 0.3) is 0 Å². The van der Waals surface area contributed by atoms with E-state index in [-0.39, 0.29) is 12.1 Å². The Kier molecular flexibility index (Phi) is 3.30. The lowest BCUT2D eigenvalue weighted by molar-refractivity contribution is 0.0694. The SMILES string of the molecule is O=C(O)c1cn(CCO)c2c(F)ccc(F)c2c1=O. The summed E-state index contributed by atoms with van der Waals surface area (Å²) in [7, 11) is 0. The maximum absolute atomic E-state index is 13.7. The zero-order chi connectivity index (χ0) is 14.2. The molecule has 0 saturated carbocycles. The van der Waals surface area contributed by atoms with Crippen molar-refractivity contribution in [3.05, 3.63) is 45.8 Å². The highest BCUT2D eigenvalue weighted by molar-refractivity contribution is 5.92. The van der Waals surface area contributed by atoms with Gasteiger partial charge < -0.3 is 14.8 Å². The maximum atomic E-state index is 13.7. The highest BCUT2D eigenvalue weighted by Gasteiger charge is 2.19. The van der Waals surface area contributed by atoms with E-state index >= 15 is 0 Å². The maximum Gasteiger partial charge on any atom is 0.341 e. The van der Waals surface area contributed by atoms with Crippen LogP contribution in [0, 0.1) is 11.6 Å². The van der Waals surface area contributed by atoms with E-state index in [1.54, 1.807) is 0 Å². The number of aliphatic hydroxyl groups is 1. The molecule has 7 heteroatoms. The number of carbonyl (C=O) groups is 1. The molecule has 2 N–H and O–H groups in total. The second-order valence-electron chi connectivity index (χ2n) is 3.85. The molecule has 1 heterocycles. The number of benzene rings is 1. The Bertz CT molecular complexity index is 724. The lowest BCUT2D eigenvalue weighted by Crippen LogP contribution is -2.21. The van der Waals surface area contributed by atoms with Crippen molar-refractivity contribution in [3.8, 4) is 0 Å². The zero-order valence-corrected chi connectivity index (χ0v) is 9.56. The van der Waals surface area contributed by atoms with Gasteiger partial charge in [-0.1, -0.05) is 0 Å². The summed E-state index contributed by atoms with van der Waals surface area (Å²) in [5.74, 6) is -3.41. The second kappa shape index (κ2) is 4.77. The van der Waals surface area contributed by atoms with Gasteiger partial charge in [-0.15, -0.1) is 0 Å². The quantitative estimate of drug-likeness (QED) is 0.870. The molecule has 0 bridgehead atoms. The molecular weight excluding hydrogens is 260 g/mol. The molecule has 0 spiro atoms. The van der Waals surface area contributed by atoms with Gasteiger partial charge in [0.1, 0.15) is 17.2 Å². The molecule has 1 aromatic heterocycles. The van der Waals surface area contributed by atoms with Crippen LogP contribution in [0.25, 0.3) is 10.9 Å². The van der Waals surface area contributed by atoms with Crippen molar-refractivity contribution < 1.29 is 23.8 Å². The molecule has 100 valence electrons. The third-order valence-corrected chi connectivity index (χ3v) is 2.69. The second-order valence-corrected chi connectivity index (χ2v) is 3.85. The average Bonchev–Trinajstić information content (AvgIpc) is 2.35. The smallest absolute Gasteiger partial charge is 0.341 e. The van der Waals surface area contributed by atoms with E-state index in [1.165, 1.54) is 0 Å². The van der Waals surface area contributed by atoms with Crippen LogP contribution in [-0.4, -0.2) is 27.4 Å². The predicted octanol–water partition coefficient (Wildman–Crippen LogP) is 0.970. The minimum Gasteiger partial charge on any atom is -0.477 e. The Morgan fingerprint density at radius 1 is 1.26 bits per heavy atom. The van der Waals surface area contributed by atoms with E-state index in [0.717, 1.165) is 22.9 Å². The number of halogens is 2. The zero-order valence-electron chi connectivity index (χ0n) is 9.56. The van der Waals surface area contributed by atoms with E-state index in [9.17, 15) is 18.4 Å². The Morgan fingerprint density at radius 2 is 1.89 bits per heavy atom. The lowest BCUT2D eigenvalue weighted by Gasteiger charge is -2.12. The summed E-state index contributed by atoms with van der Waals surface area (Å²) < 4.78 is 28.4. The molecule has 0 unspecified atom stereocenters. The first-order valence-corrected chi connectivity index (χ1v) is 5.32. The first-order valence-electron chi connectivity index (χ1n) is 5.32. The normalized spacial score (nSPS) is 10.9. The standard InChI is InChI=1S/C12H9F2NO4/c13-7-1-2-8(14)10-9(7)11(17)6(12(18)19)5-15(10)3-4-16/h1-2,5,16H,3-4H2,(H,18,19). The van der Waals surface area contributed by atoms with Crippen molar-refractivity contribution in [3.63, 3.8) is 0 Å². The van der Waals surface area contributed by atoms with Crippen LogP contribution in [0.2, 0.25) is 0 Å².